The molecule has 0 aromatic carbocycles. The molecule has 0 radical (unpaired) electrons. The van der Waals surface area contributed by atoms with E-state index in [2.05, 4.69) is 0 Å². The molecule has 0 saturated heterocycles. The van der Waals surface area contributed by atoms with Crippen molar-refractivity contribution in [2.45, 2.75) is 6.61 Å². The summed E-state index contributed by atoms with van der Waals surface area (Å²) in [5, 5.41) is 0.512. The van der Waals surface area contributed by atoms with Crippen molar-refractivity contribution in [3.8, 4) is 0 Å². The minimum absolute atomic E-state index is 0.512. The normalized spacial score (nSPS) is 9.64. The molecule has 0 N–H and O–H groups in total. The molecule has 0 atom stereocenters. The van der Waals surface area contributed by atoms with Gasteiger partial charge in [0, 0.05) is 31.8 Å². The van der Waals surface area contributed by atoms with E-state index in [-0.39, 0.29) is 0 Å². The van der Waals surface area contributed by atoms with Crippen LogP contribution in [-0.2, 0) is 18.4 Å². The average molecular weight is 211 g/mol. The Balaban J connectivity index is 2.46. The van der Waals surface area contributed by atoms with Crippen molar-refractivity contribution in [3.63, 3.8) is 0 Å². The van der Waals surface area contributed by atoms with Gasteiger partial charge in [-0.15, -0.1) is 0 Å². The van der Waals surface area contributed by atoms with E-state index in [9.17, 15) is 0 Å². The largest absolute Gasteiger partial charge is 0.466 e. The van der Waals surface area contributed by atoms with Crippen LogP contribution in [0.2, 0.25) is 0 Å². The summed E-state index contributed by atoms with van der Waals surface area (Å²) in [5.74, 6) is 0. The average Bonchev–Trinajstić information content (AvgIpc) is 2.16. The Bertz CT molecular complexity index is 308. The first-order valence-corrected chi connectivity index (χ1v) is 4.78. The van der Waals surface area contributed by atoms with Gasteiger partial charge in [0.25, 0.3) is 5.17 Å². The molecule has 1 heterocycles. The summed E-state index contributed by atoms with van der Waals surface area (Å²) in [6.45, 7) is 0.526. The summed E-state index contributed by atoms with van der Waals surface area (Å²) < 4.78 is 7.36. The van der Waals surface area contributed by atoms with Gasteiger partial charge in [0.15, 0.2) is 12.4 Å². The summed E-state index contributed by atoms with van der Waals surface area (Å²) in [4.78, 5) is 1.78. The molecule has 0 spiro atoms. The molecular weight excluding hydrogens is 196 g/mol. The van der Waals surface area contributed by atoms with Crippen molar-refractivity contribution in [3.05, 3.63) is 30.1 Å². The Labute approximate surface area is 89.9 Å². The van der Waals surface area contributed by atoms with Gasteiger partial charge in [-0.25, -0.2) is 4.57 Å². The third kappa shape index (κ3) is 3.30. The van der Waals surface area contributed by atoms with Crippen LogP contribution in [0.15, 0.2) is 24.5 Å². The van der Waals surface area contributed by atoms with E-state index in [1.807, 2.05) is 50.2 Å². The van der Waals surface area contributed by atoms with E-state index in [0.29, 0.717) is 11.8 Å². The molecule has 1 aromatic heterocycles. The Hall–Kier alpha value is -1.16. The van der Waals surface area contributed by atoms with Crippen LogP contribution in [0, 0.1) is 0 Å². The minimum atomic E-state index is 0.512. The van der Waals surface area contributed by atoms with Crippen LogP contribution in [0.25, 0.3) is 0 Å². The van der Waals surface area contributed by atoms with E-state index >= 15 is 0 Å². The van der Waals surface area contributed by atoms with Gasteiger partial charge in [0.1, 0.15) is 13.7 Å². The molecule has 1 aromatic rings. The van der Waals surface area contributed by atoms with Gasteiger partial charge in [-0.05, 0) is 12.2 Å². The number of rotatable bonds is 2. The Morgan fingerprint density at radius 3 is 2.50 bits per heavy atom. The lowest BCUT2D eigenvalue weighted by molar-refractivity contribution is -0.671. The zero-order chi connectivity index (χ0) is 10.6. The first-order valence-electron chi connectivity index (χ1n) is 4.38. The highest BCUT2D eigenvalue weighted by atomic mass is 32.1. The topological polar surface area (TPSA) is 16.4 Å². The molecule has 0 aliphatic heterocycles. The van der Waals surface area contributed by atoms with Crippen LogP contribution >= 0.6 is 12.2 Å². The maximum absolute atomic E-state index is 5.38. The molecular formula is C10H15N2OS+. The quantitative estimate of drug-likeness (QED) is 0.533. The molecule has 76 valence electrons. The highest BCUT2D eigenvalue weighted by Gasteiger charge is 2.01. The number of nitrogens with zero attached hydrogens (tertiary/aromatic N) is 2. The van der Waals surface area contributed by atoms with Crippen LogP contribution in [0.5, 0.6) is 0 Å². The lowest BCUT2D eigenvalue weighted by Crippen LogP contribution is -2.26. The van der Waals surface area contributed by atoms with E-state index < -0.39 is 0 Å². The van der Waals surface area contributed by atoms with Crippen molar-refractivity contribution < 1.29 is 9.30 Å². The molecule has 0 aliphatic carbocycles. The molecule has 0 bridgehead atoms. The molecule has 4 heteroatoms. The van der Waals surface area contributed by atoms with Crippen LogP contribution in [-0.4, -0.2) is 24.2 Å². The number of aromatic nitrogens is 1. The van der Waals surface area contributed by atoms with Crippen molar-refractivity contribution in [1.82, 2.24) is 4.90 Å². The molecule has 0 amide bonds. The first kappa shape index (κ1) is 10.9. The van der Waals surface area contributed by atoms with Crippen LogP contribution in [0.4, 0.5) is 0 Å². The first-order chi connectivity index (χ1) is 6.59. The maximum atomic E-state index is 5.38. The molecule has 0 unspecified atom stereocenters. The zero-order valence-corrected chi connectivity index (χ0v) is 9.54. The fraction of sp³-hybridized carbons (Fsp3) is 0.400. The summed E-state index contributed by atoms with van der Waals surface area (Å²) in [5.41, 5.74) is 1.12. The van der Waals surface area contributed by atoms with E-state index in [4.69, 9.17) is 17.0 Å². The van der Waals surface area contributed by atoms with Gasteiger partial charge < -0.3 is 9.64 Å². The Kier molecular flexibility index (Phi) is 3.83. The second-order valence-electron chi connectivity index (χ2n) is 3.32. The predicted molar refractivity (Wildman–Crippen MR) is 58.7 cm³/mol. The monoisotopic (exact) mass is 211 g/mol. The Morgan fingerprint density at radius 2 is 2.00 bits per heavy atom. The van der Waals surface area contributed by atoms with Gasteiger partial charge >= 0.3 is 0 Å². The highest BCUT2D eigenvalue weighted by molar-refractivity contribution is 7.79. The van der Waals surface area contributed by atoms with Crippen LogP contribution in [0.1, 0.15) is 5.56 Å². The van der Waals surface area contributed by atoms with Gasteiger partial charge in [-0.3, -0.25) is 0 Å². The molecule has 0 saturated carbocycles. The minimum Gasteiger partial charge on any atom is -0.466 e. The maximum Gasteiger partial charge on any atom is 0.259 e. The predicted octanol–water partition coefficient (Wildman–Crippen LogP) is 0.874. The smallest absolute Gasteiger partial charge is 0.259 e. The second kappa shape index (κ2) is 4.91. The number of ether oxygens (including phenoxy) is 1. The fourth-order valence-electron chi connectivity index (χ4n) is 0.902. The standard InChI is InChI=1S/C10H15N2OS/c1-11(2)10(14)13-8-9-4-6-12(3)7-5-9/h4-7H,8H2,1-3H3/q+1. The third-order valence-electron chi connectivity index (χ3n) is 1.77. The third-order valence-corrected chi connectivity index (χ3v) is 2.26. The number of thiocarbonyl (C=S) groups is 1. The molecule has 14 heavy (non-hydrogen) atoms. The highest BCUT2D eigenvalue weighted by Crippen LogP contribution is 1.99. The van der Waals surface area contributed by atoms with E-state index in [1.54, 1.807) is 4.90 Å². The number of hydrogen-bond acceptors (Lipinski definition) is 2. The molecule has 0 aliphatic rings. The fourth-order valence-corrected chi connectivity index (χ4v) is 0.961. The molecule has 3 nitrogen and oxygen atoms in total. The Morgan fingerprint density at radius 1 is 1.43 bits per heavy atom. The lowest BCUT2D eigenvalue weighted by atomic mass is 10.3. The van der Waals surface area contributed by atoms with Crippen LogP contribution in [0.3, 0.4) is 0 Å². The second-order valence-corrected chi connectivity index (χ2v) is 3.67. The summed E-state index contributed by atoms with van der Waals surface area (Å²) in [6.07, 6.45) is 3.97. The SMILES string of the molecule is CN(C)C(=S)OCc1cc[n+](C)cc1. The van der Waals surface area contributed by atoms with Crippen molar-refractivity contribution >= 4 is 17.4 Å². The summed E-state index contributed by atoms with van der Waals surface area (Å²) >= 11 is 5.00. The summed E-state index contributed by atoms with van der Waals surface area (Å²) in [6, 6.07) is 4.02. The van der Waals surface area contributed by atoms with Gasteiger partial charge in [-0.2, -0.15) is 0 Å². The lowest BCUT2D eigenvalue weighted by Gasteiger charge is -2.13. The zero-order valence-electron chi connectivity index (χ0n) is 8.73. The molecule has 0 fully saturated rings. The van der Waals surface area contributed by atoms with Crippen molar-refractivity contribution in [1.29, 1.82) is 0 Å². The van der Waals surface area contributed by atoms with Gasteiger partial charge in [0.2, 0.25) is 0 Å². The van der Waals surface area contributed by atoms with Crippen molar-refractivity contribution in [2.75, 3.05) is 14.1 Å². The van der Waals surface area contributed by atoms with Gasteiger partial charge in [-0.1, -0.05) is 0 Å². The van der Waals surface area contributed by atoms with E-state index in [1.165, 1.54) is 0 Å². The van der Waals surface area contributed by atoms with Crippen molar-refractivity contribution in [2.24, 2.45) is 7.05 Å². The van der Waals surface area contributed by atoms with E-state index in [0.717, 1.165) is 5.56 Å². The van der Waals surface area contributed by atoms with Gasteiger partial charge in [0.05, 0.1) is 0 Å². The number of hydrogen-bond donors (Lipinski definition) is 0. The number of aryl methyl sites for hydroxylation is 1. The molecule has 1 rings (SSSR count). The van der Waals surface area contributed by atoms with Crippen LogP contribution < -0.4 is 4.57 Å². The number of pyridine rings is 1. The summed E-state index contributed by atoms with van der Waals surface area (Å²) in [7, 11) is 5.72.